The topological polar surface area (TPSA) is 179 Å². The molecular weight excluding hydrogens is 1260 g/mol. The van der Waals surface area contributed by atoms with Gasteiger partial charge in [-0.05, 0) is 186 Å². The van der Waals surface area contributed by atoms with Crippen LogP contribution in [0.1, 0.15) is 223 Å². The highest BCUT2D eigenvalue weighted by Gasteiger charge is 2.42. The van der Waals surface area contributed by atoms with Gasteiger partial charge >= 0.3 is 0 Å². The van der Waals surface area contributed by atoms with E-state index in [0.29, 0.717) is 56.8 Å². The lowest BCUT2D eigenvalue weighted by Gasteiger charge is -2.32. The molecule has 6 aromatic rings. The van der Waals surface area contributed by atoms with Crippen LogP contribution in [-0.4, -0.2) is 47.2 Å². The van der Waals surface area contributed by atoms with E-state index in [1.54, 1.807) is 12.1 Å². The first kappa shape index (κ1) is 73.5. The van der Waals surface area contributed by atoms with Gasteiger partial charge in [-0.2, -0.15) is 0 Å². The van der Waals surface area contributed by atoms with Crippen molar-refractivity contribution in [2.75, 3.05) is 5.73 Å². The number of rotatable bonds is 5. The van der Waals surface area contributed by atoms with E-state index in [-0.39, 0.29) is 40.3 Å². The number of hydrogen-bond acceptors (Lipinski definition) is 7. The smallest absolute Gasteiger partial charge is 0.269 e. The first-order valence-corrected chi connectivity index (χ1v) is 35.8. The molecule has 4 aliphatic carbocycles. The normalized spacial score (nSPS) is 17.2. The third-order valence-corrected chi connectivity index (χ3v) is 20.2. The van der Waals surface area contributed by atoms with E-state index >= 15 is 19.2 Å². The number of anilines is 1. The van der Waals surface area contributed by atoms with Crippen molar-refractivity contribution in [3.63, 3.8) is 0 Å². The van der Waals surface area contributed by atoms with Crippen LogP contribution in [0.4, 0.5) is 11.4 Å². The van der Waals surface area contributed by atoms with Gasteiger partial charge in [-0.15, -0.1) is 0 Å². The number of ketones is 4. The van der Waals surface area contributed by atoms with E-state index in [1.165, 1.54) is 0 Å². The van der Waals surface area contributed by atoms with Gasteiger partial charge in [-0.25, -0.2) is 0 Å². The molecule has 5 heterocycles. The molecule has 0 radical (unpaired) electrons. The molecule has 12 nitrogen and oxygen atoms in total. The Morgan fingerprint density at radius 3 is 0.696 bits per heavy atom. The summed E-state index contributed by atoms with van der Waals surface area (Å²) < 4.78 is 4.65. The van der Waals surface area contributed by atoms with E-state index in [4.69, 9.17) is 5.73 Å². The lowest BCUT2D eigenvalue weighted by atomic mass is 9.71. The Morgan fingerprint density at radius 2 is 0.510 bits per heavy atom. The minimum atomic E-state index is -0.596. The molecule has 0 unspecified atom stereocenters. The third kappa shape index (κ3) is 14.1. The van der Waals surface area contributed by atoms with E-state index in [1.807, 2.05) is 24.3 Å². The predicted octanol–water partition coefficient (Wildman–Crippen LogP) is 21.2. The minimum absolute atomic E-state index is 0.00212. The number of benzene rings is 2. The van der Waals surface area contributed by atoms with Crippen molar-refractivity contribution in [2.45, 2.75) is 179 Å². The number of nitrogen functional groups attached to an aromatic ring is 1. The average molecular weight is 1370 g/mol. The molecule has 2 aromatic carbocycles. The van der Waals surface area contributed by atoms with Gasteiger partial charge in [0.05, 0.1) is 27.7 Å². The van der Waals surface area contributed by atoms with Crippen molar-refractivity contribution in [3.8, 4) is 0 Å². The van der Waals surface area contributed by atoms with Crippen LogP contribution in [0.3, 0.4) is 0 Å². The number of nitro benzene ring substituents is 1. The fraction of sp³-hybridized carbons (Fsp3) is 0.378. The molecule has 0 atom stereocenters. The first-order valence-electron chi connectivity index (χ1n) is 35.8. The molecule has 0 saturated carbocycles. The van der Waals surface area contributed by atoms with Crippen molar-refractivity contribution >= 4 is 56.8 Å². The molecule has 1 aliphatic heterocycles. The Kier molecular flexibility index (Phi) is 18.3. The molecule has 0 spiro atoms. The zero-order valence-electron chi connectivity index (χ0n) is 64.6. The van der Waals surface area contributed by atoms with Gasteiger partial charge in [-0.1, -0.05) is 190 Å². The van der Waals surface area contributed by atoms with Crippen molar-refractivity contribution in [1.82, 2.24) is 19.1 Å². The van der Waals surface area contributed by atoms with Crippen LogP contribution < -0.4 is 5.73 Å². The number of nitro groups is 1. The Labute approximate surface area is 604 Å². The van der Waals surface area contributed by atoms with Crippen LogP contribution in [0, 0.1) is 53.4 Å². The van der Waals surface area contributed by atoms with Crippen LogP contribution in [0.2, 0.25) is 0 Å². The van der Waals surface area contributed by atoms with Crippen LogP contribution in [0.25, 0.3) is 22.3 Å². The van der Waals surface area contributed by atoms with Gasteiger partial charge in [-0.3, -0.25) is 29.3 Å². The number of nitrogens with one attached hydrogen (secondary N) is 2. The molecule has 12 heteroatoms. The number of nitrogens with two attached hydrogens (primary N) is 1. The highest BCUT2D eigenvalue weighted by molar-refractivity contribution is 6.16. The largest absolute Gasteiger partial charge is 0.399 e. The zero-order chi connectivity index (χ0) is 75.0. The molecule has 4 N–H and O–H groups in total. The summed E-state index contributed by atoms with van der Waals surface area (Å²) in [5.74, 6) is -0.0417. The fourth-order valence-electron chi connectivity index (χ4n) is 14.5. The summed E-state index contributed by atoms with van der Waals surface area (Å²) in [6, 6.07) is 31.9. The van der Waals surface area contributed by atoms with Gasteiger partial charge in [0.25, 0.3) is 5.69 Å². The molecule has 5 aliphatic rings. The third-order valence-electron chi connectivity index (χ3n) is 20.2. The number of H-pyrrole nitrogens is 2. The summed E-state index contributed by atoms with van der Waals surface area (Å²) in [5, 5.41) is 12.4. The van der Waals surface area contributed by atoms with Crippen LogP contribution >= 0.6 is 0 Å². The lowest BCUT2D eigenvalue weighted by molar-refractivity contribution is -0.384. The van der Waals surface area contributed by atoms with Crippen molar-refractivity contribution in [2.24, 2.45) is 43.3 Å². The minimum Gasteiger partial charge on any atom is -0.399 e. The number of fused-ring (bicyclic) bond motifs is 8. The number of Topliss-reactive ketones (excluding diaryl/α,β-unsaturated/α-hetero) is 4. The number of carbonyl (C=O) groups is 4. The molecule has 8 bridgehead atoms. The second-order valence-electron chi connectivity index (χ2n) is 36.7. The lowest BCUT2D eigenvalue weighted by Crippen LogP contribution is -2.28. The van der Waals surface area contributed by atoms with Gasteiger partial charge in [0.1, 0.15) is 0 Å². The SMILES string of the molecule is CC(C)(C)C1=CC(=C2c3ccc([nH]3)C(=C3C=C(C(C)(C)C)C(=O)C(C(C)(C)C)=C3)c3ccc(n3Cc3ccc([N+](=O)[O-])cc3)C(=C3C=C(C(C)(C)C)C(=O)C(C(C)(C)C)=C3)c3ccc([nH]3)C(=C3C=C(C(C)(C)C)C(=O)C(C(C)(C)C)=C3)c3ccc2n3Cc2ccc(N)cc2)C=C(C(C)(C)C)C1=O. The maximum Gasteiger partial charge on any atom is 0.269 e. The Hall–Kier alpha value is -9.68. The summed E-state index contributed by atoms with van der Waals surface area (Å²) in [6.07, 6.45) is 16.6. The number of hydrogen-bond donors (Lipinski definition) is 3. The van der Waals surface area contributed by atoms with E-state index in [2.05, 4.69) is 295 Å². The van der Waals surface area contributed by atoms with E-state index < -0.39 is 43.3 Å². The van der Waals surface area contributed by atoms with E-state index in [9.17, 15) is 10.1 Å². The standard InChI is InChI=1S/C90H104N6O6/c1-83(2,3)59-41-53(42-60(79(59)97)84(4,5)6)75-67-33-35-69(92-67)77(55-45-63(87(13,14)15)81(99)64(46-55)88(16,17)18)73-39-40-74(95(73)50-52-27-31-58(32-28-52)96(101)102)78(56-47-65(89(19,20)21)82(100)66(48-56)90(22,23)24)70-36-34-68(93-70)76(54-43-61(85(7,8)9)80(98)62(44-54)86(10,11)12)72-38-37-71(75)94(72)49-51-25-29-57(91)30-26-51/h25-48,92-93H,49-50,91H2,1-24H3. The highest BCUT2D eigenvalue weighted by Crippen LogP contribution is 2.50. The number of aromatic nitrogens is 4. The first-order chi connectivity index (χ1) is 47.0. The van der Waals surface area contributed by atoms with Gasteiger partial charge in [0, 0.05) is 121 Å². The van der Waals surface area contributed by atoms with Crippen LogP contribution in [-0.2, 0) is 32.3 Å². The highest BCUT2D eigenvalue weighted by atomic mass is 16.6. The Bertz CT molecular complexity index is 4570. The summed E-state index contributed by atoms with van der Waals surface area (Å²) in [4.78, 5) is 81.1. The van der Waals surface area contributed by atoms with Crippen molar-refractivity contribution < 1.29 is 24.1 Å². The average Bonchev–Trinajstić information content (AvgIpc) is 1.53. The van der Waals surface area contributed by atoms with Gasteiger partial charge in [0.15, 0.2) is 23.1 Å². The second-order valence-corrected chi connectivity index (χ2v) is 36.7. The summed E-state index contributed by atoms with van der Waals surface area (Å²) in [7, 11) is 0. The summed E-state index contributed by atoms with van der Waals surface area (Å²) in [6.45, 7) is 50.7. The summed E-state index contributed by atoms with van der Waals surface area (Å²) >= 11 is 0. The van der Waals surface area contributed by atoms with Gasteiger partial charge in [0.2, 0.25) is 0 Å². The number of allylic oxidation sites excluding steroid dienone is 20. The Morgan fingerprint density at radius 1 is 0.314 bits per heavy atom. The fourth-order valence-corrected chi connectivity index (χ4v) is 14.5. The van der Waals surface area contributed by atoms with Crippen LogP contribution in [0.15, 0.2) is 213 Å². The maximum absolute atomic E-state index is 15.2. The molecule has 0 fully saturated rings. The van der Waals surface area contributed by atoms with Crippen molar-refractivity contribution in [3.05, 3.63) is 279 Å². The van der Waals surface area contributed by atoms with Crippen LogP contribution in [0.5, 0.6) is 0 Å². The number of aromatic amines is 2. The van der Waals surface area contributed by atoms with Crippen molar-refractivity contribution in [1.29, 1.82) is 0 Å². The molecule has 102 heavy (non-hydrogen) atoms. The number of nitrogens with zero attached hydrogens (tertiary/aromatic N) is 3. The maximum atomic E-state index is 15.2. The molecule has 4 aromatic heterocycles. The second kappa shape index (κ2) is 25.4. The number of non-ortho nitro benzene ring substituents is 1. The van der Waals surface area contributed by atoms with E-state index in [0.717, 1.165) is 101 Å². The molecule has 0 saturated heterocycles. The van der Waals surface area contributed by atoms with Gasteiger partial charge < -0.3 is 24.8 Å². The molecular formula is C90H104N6O6. The molecule has 530 valence electrons. The number of carbonyl (C=O) groups excluding carboxylic acids is 4. The zero-order valence-corrected chi connectivity index (χ0v) is 64.6. The monoisotopic (exact) mass is 1360 g/mol. The Balaban J connectivity index is 1.44. The predicted molar refractivity (Wildman–Crippen MR) is 417 cm³/mol. The molecule has 11 rings (SSSR count). The molecule has 0 amide bonds. The quantitative estimate of drug-likeness (QED) is 0.0872. The summed E-state index contributed by atoms with van der Waals surface area (Å²) in [5.41, 5.74) is 22.1.